The van der Waals surface area contributed by atoms with Gasteiger partial charge in [0.1, 0.15) is 5.75 Å². The number of fused-ring (bicyclic) bond motifs is 1. The van der Waals surface area contributed by atoms with Gasteiger partial charge in [-0.25, -0.2) is 4.98 Å². The average Bonchev–Trinajstić information content (AvgIpc) is 3.20. The maximum absolute atomic E-state index is 13.0. The van der Waals surface area contributed by atoms with Gasteiger partial charge in [0.25, 0.3) is 0 Å². The van der Waals surface area contributed by atoms with Crippen LogP contribution in [0.15, 0.2) is 42.5 Å². The second-order valence-electron chi connectivity index (χ2n) is 8.29. The number of thiazole rings is 1. The minimum absolute atomic E-state index is 0.0772. The lowest BCUT2D eigenvalue weighted by atomic mass is 9.99. The molecule has 2 aliphatic rings. The molecule has 0 aliphatic carbocycles. The number of carbonyl (C=O) groups is 1. The molecule has 0 bridgehead atoms. The summed E-state index contributed by atoms with van der Waals surface area (Å²) in [5.74, 6) is 0.796. The number of benzene rings is 2. The number of nitrogens with zero attached hydrogens (tertiary/aromatic N) is 4. The van der Waals surface area contributed by atoms with Crippen molar-refractivity contribution in [1.29, 1.82) is 0 Å². The molecule has 2 saturated heterocycles. The van der Waals surface area contributed by atoms with Crippen molar-refractivity contribution in [2.75, 3.05) is 56.2 Å². The van der Waals surface area contributed by atoms with Gasteiger partial charge >= 0.3 is 6.18 Å². The fraction of sp³-hybridized carbons (Fsp3) is 0.391. The maximum Gasteiger partial charge on any atom is 0.416 e. The summed E-state index contributed by atoms with van der Waals surface area (Å²) in [5, 5.41) is 0.900. The summed E-state index contributed by atoms with van der Waals surface area (Å²) in [7, 11) is 1.62. The monoisotopic (exact) mass is 476 g/mol. The van der Waals surface area contributed by atoms with E-state index in [-0.39, 0.29) is 11.8 Å². The number of methoxy groups -OCH3 is 1. The van der Waals surface area contributed by atoms with Crippen LogP contribution in [0.1, 0.15) is 5.56 Å². The van der Waals surface area contributed by atoms with Crippen LogP contribution in [0.2, 0.25) is 0 Å². The van der Waals surface area contributed by atoms with Crippen LogP contribution >= 0.6 is 11.3 Å². The number of alkyl halides is 3. The van der Waals surface area contributed by atoms with E-state index in [2.05, 4.69) is 9.88 Å². The normalized spacial score (nSPS) is 17.4. The second kappa shape index (κ2) is 8.40. The van der Waals surface area contributed by atoms with E-state index in [0.717, 1.165) is 27.2 Å². The number of hydrogen-bond donors (Lipinski definition) is 0. The number of aromatic nitrogens is 1. The number of rotatable bonds is 4. The topological polar surface area (TPSA) is 48.9 Å². The quantitative estimate of drug-likeness (QED) is 0.567. The van der Waals surface area contributed by atoms with Crippen LogP contribution in [0.3, 0.4) is 0 Å². The van der Waals surface area contributed by atoms with E-state index in [1.165, 1.54) is 12.1 Å². The smallest absolute Gasteiger partial charge is 0.416 e. The van der Waals surface area contributed by atoms with Crippen LogP contribution in [0.4, 0.5) is 24.0 Å². The first-order chi connectivity index (χ1) is 15.8. The van der Waals surface area contributed by atoms with E-state index in [9.17, 15) is 18.0 Å². The zero-order valence-corrected chi connectivity index (χ0v) is 18.8. The minimum Gasteiger partial charge on any atom is -0.497 e. The molecular formula is C23H23F3N4O2S. The largest absolute Gasteiger partial charge is 0.497 e. The molecule has 0 N–H and O–H groups in total. The van der Waals surface area contributed by atoms with E-state index in [1.54, 1.807) is 24.5 Å². The second-order valence-corrected chi connectivity index (χ2v) is 9.30. The summed E-state index contributed by atoms with van der Waals surface area (Å²) in [6.07, 6.45) is -4.36. The van der Waals surface area contributed by atoms with E-state index < -0.39 is 11.7 Å². The molecule has 2 aliphatic heterocycles. The zero-order valence-electron chi connectivity index (χ0n) is 18.0. The van der Waals surface area contributed by atoms with Crippen molar-refractivity contribution in [3.63, 3.8) is 0 Å². The summed E-state index contributed by atoms with van der Waals surface area (Å²) >= 11 is 1.60. The van der Waals surface area contributed by atoms with Crippen molar-refractivity contribution in [3.05, 3.63) is 48.0 Å². The average molecular weight is 477 g/mol. The molecule has 3 aromatic rings. The number of hydrogen-bond acceptors (Lipinski definition) is 6. The van der Waals surface area contributed by atoms with Crippen molar-refractivity contribution in [1.82, 2.24) is 9.88 Å². The van der Waals surface area contributed by atoms with Crippen molar-refractivity contribution >= 4 is 38.3 Å². The predicted molar refractivity (Wildman–Crippen MR) is 122 cm³/mol. The Hall–Kier alpha value is -3.01. The third kappa shape index (κ3) is 4.31. The van der Waals surface area contributed by atoms with Gasteiger partial charge < -0.3 is 19.4 Å². The van der Waals surface area contributed by atoms with Crippen molar-refractivity contribution in [2.24, 2.45) is 5.92 Å². The molecule has 1 aromatic heterocycles. The SMILES string of the molecule is COc1ccc2sc(N3CC(C(=O)N4CCN(c5cccc(C(F)(F)F)c5)CC4)C3)nc2c1. The third-order valence-corrected chi connectivity index (χ3v) is 7.31. The van der Waals surface area contributed by atoms with E-state index >= 15 is 0 Å². The van der Waals surface area contributed by atoms with Gasteiger partial charge in [-0.1, -0.05) is 17.4 Å². The number of ether oxygens (including phenoxy) is 1. The van der Waals surface area contributed by atoms with Crippen LogP contribution in [0.25, 0.3) is 10.2 Å². The Morgan fingerprint density at radius 1 is 1.06 bits per heavy atom. The van der Waals surface area contributed by atoms with Crippen LogP contribution in [0, 0.1) is 5.92 Å². The maximum atomic E-state index is 13.0. The molecule has 6 nitrogen and oxygen atoms in total. The molecule has 3 heterocycles. The molecular weight excluding hydrogens is 453 g/mol. The molecule has 0 radical (unpaired) electrons. The Morgan fingerprint density at radius 2 is 1.82 bits per heavy atom. The Balaban J connectivity index is 1.16. The molecule has 0 saturated carbocycles. The zero-order chi connectivity index (χ0) is 23.2. The Bertz CT molecular complexity index is 1170. The molecule has 2 aromatic carbocycles. The van der Waals surface area contributed by atoms with Gasteiger partial charge in [-0.15, -0.1) is 0 Å². The minimum atomic E-state index is -4.36. The number of piperazine rings is 1. The van der Waals surface area contributed by atoms with E-state index in [4.69, 9.17) is 4.74 Å². The summed E-state index contributed by atoms with van der Waals surface area (Å²) in [6, 6.07) is 11.2. The van der Waals surface area contributed by atoms with E-state index in [1.807, 2.05) is 28.0 Å². The van der Waals surface area contributed by atoms with Crippen LogP contribution < -0.4 is 14.5 Å². The lowest BCUT2D eigenvalue weighted by molar-refractivity contribution is -0.137. The molecule has 10 heteroatoms. The van der Waals surface area contributed by atoms with Gasteiger partial charge in [-0.05, 0) is 30.3 Å². The fourth-order valence-corrected chi connectivity index (χ4v) is 5.23. The molecule has 5 rings (SSSR count). The molecule has 0 spiro atoms. The van der Waals surface area contributed by atoms with E-state index in [0.29, 0.717) is 45.0 Å². The Morgan fingerprint density at radius 3 is 2.52 bits per heavy atom. The first-order valence-corrected chi connectivity index (χ1v) is 11.5. The fourth-order valence-electron chi connectivity index (χ4n) is 4.27. The van der Waals surface area contributed by atoms with Crippen molar-refractivity contribution in [3.8, 4) is 5.75 Å². The Kier molecular flexibility index (Phi) is 5.55. The highest BCUT2D eigenvalue weighted by Gasteiger charge is 2.38. The highest BCUT2D eigenvalue weighted by Crippen LogP contribution is 2.35. The molecule has 33 heavy (non-hydrogen) atoms. The number of halogens is 3. The first kappa shape index (κ1) is 21.8. The van der Waals surface area contributed by atoms with Gasteiger partial charge in [0.15, 0.2) is 5.13 Å². The van der Waals surface area contributed by atoms with Crippen LogP contribution in [0.5, 0.6) is 5.75 Å². The number of amides is 1. The number of carbonyl (C=O) groups excluding carboxylic acids is 1. The highest BCUT2D eigenvalue weighted by atomic mass is 32.1. The molecule has 0 atom stereocenters. The standard InChI is InChI=1S/C23H23F3N4O2S/c1-32-18-5-6-20-19(12-18)27-22(33-20)30-13-15(14-30)21(31)29-9-7-28(8-10-29)17-4-2-3-16(11-17)23(24,25)26/h2-6,11-12,15H,7-10,13-14H2,1H3. The van der Waals surface area contributed by atoms with Gasteiger partial charge in [-0.3, -0.25) is 4.79 Å². The van der Waals surface area contributed by atoms with Gasteiger partial charge in [0.05, 0.1) is 28.8 Å². The molecule has 1 amide bonds. The summed E-state index contributed by atoms with van der Waals surface area (Å²) in [6.45, 7) is 3.30. The summed E-state index contributed by atoms with van der Waals surface area (Å²) in [5.41, 5.74) is 0.774. The first-order valence-electron chi connectivity index (χ1n) is 10.7. The molecule has 2 fully saturated rings. The lowest BCUT2D eigenvalue weighted by Crippen LogP contribution is -2.58. The van der Waals surface area contributed by atoms with Gasteiger partial charge in [-0.2, -0.15) is 13.2 Å². The van der Waals surface area contributed by atoms with Crippen LogP contribution in [-0.4, -0.2) is 62.2 Å². The lowest BCUT2D eigenvalue weighted by Gasteiger charge is -2.43. The third-order valence-electron chi connectivity index (χ3n) is 6.21. The van der Waals surface area contributed by atoms with Crippen LogP contribution in [-0.2, 0) is 11.0 Å². The summed E-state index contributed by atoms with van der Waals surface area (Å²) in [4.78, 5) is 23.5. The highest BCUT2D eigenvalue weighted by molar-refractivity contribution is 7.22. The predicted octanol–water partition coefficient (Wildman–Crippen LogP) is 4.11. The van der Waals surface area contributed by atoms with Crippen molar-refractivity contribution < 1.29 is 22.7 Å². The van der Waals surface area contributed by atoms with Crippen molar-refractivity contribution in [2.45, 2.75) is 6.18 Å². The summed E-state index contributed by atoms with van der Waals surface area (Å²) < 4.78 is 45.3. The van der Waals surface area contributed by atoms with Gasteiger partial charge in [0, 0.05) is 51.0 Å². The molecule has 0 unspecified atom stereocenters. The molecule has 174 valence electrons. The van der Waals surface area contributed by atoms with Gasteiger partial charge in [0.2, 0.25) is 5.91 Å². The Labute approximate surface area is 193 Å². The number of anilines is 2.